The molecule has 3 rings (SSSR count). The maximum Gasteiger partial charge on any atom is 0.322 e. The molecule has 1 aliphatic rings. The summed E-state index contributed by atoms with van der Waals surface area (Å²) in [5.74, 6) is -2.06. The zero-order valence-electron chi connectivity index (χ0n) is 18.7. The molecular formula is C22H24N4O7S. The number of esters is 1. The van der Waals surface area contributed by atoms with Crippen molar-refractivity contribution in [3.05, 3.63) is 59.2 Å². The van der Waals surface area contributed by atoms with Crippen LogP contribution in [-0.2, 0) is 34.7 Å². The molecule has 11 nitrogen and oxygen atoms in total. The number of carbonyl (C=O) groups is 4. The zero-order valence-corrected chi connectivity index (χ0v) is 19.5. The zero-order chi connectivity index (χ0) is 25.1. The second-order valence-corrected chi connectivity index (χ2v) is 9.66. The topological polar surface area (TPSA) is 160 Å². The number of rotatable bonds is 8. The average molecular weight is 489 g/mol. The van der Waals surface area contributed by atoms with Crippen LogP contribution >= 0.6 is 0 Å². The van der Waals surface area contributed by atoms with Crippen LogP contribution in [0.3, 0.4) is 0 Å². The molecule has 1 atom stereocenters. The van der Waals surface area contributed by atoms with Crippen LogP contribution in [0.1, 0.15) is 23.6 Å². The molecule has 4 N–H and O–H groups in total. The van der Waals surface area contributed by atoms with Gasteiger partial charge >= 0.3 is 12.0 Å². The van der Waals surface area contributed by atoms with Gasteiger partial charge in [0.25, 0.3) is 11.8 Å². The SMILES string of the molecule is Cc1ccc(NC(=O)COC(=O)CNS(=O)(=O)c2ccc([C@]3(C)NC(=O)NC3=O)cc2)cc1C. The normalized spacial score (nSPS) is 17.6. The molecule has 1 saturated heterocycles. The first-order valence-corrected chi connectivity index (χ1v) is 11.7. The van der Waals surface area contributed by atoms with Crippen molar-refractivity contribution in [2.75, 3.05) is 18.5 Å². The van der Waals surface area contributed by atoms with Crippen molar-refractivity contribution >= 4 is 39.5 Å². The van der Waals surface area contributed by atoms with Gasteiger partial charge in [0.15, 0.2) is 6.61 Å². The van der Waals surface area contributed by atoms with Crippen LogP contribution < -0.4 is 20.7 Å². The maximum absolute atomic E-state index is 12.5. The molecule has 0 aliphatic carbocycles. The van der Waals surface area contributed by atoms with Crippen molar-refractivity contribution in [3.63, 3.8) is 0 Å². The fourth-order valence-electron chi connectivity index (χ4n) is 3.16. The first-order chi connectivity index (χ1) is 15.9. The highest BCUT2D eigenvalue weighted by Gasteiger charge is 2.43. The lowest BCUT2D eigenvalue weighted by Crippen LogP contribution is -2.40. The second-order valence-electron chi connectivity index (χ2n) is 7.89. The van der Waals surface area contributed by atoms with Crippen LogP contribution in [0, 0.1) is 13.8 Å². The summed E-state index contributed by atoms with van der Waals surface area (Å²) in [6.07, 6.45) is 0. The van der Waals surface area contributed by atoms with Gasteiger partial charge in [0.1, 0.15) is 12.1 Å². The van der Waals surface area contributed by atoms with Crippen LogP contribution in [0.15, 0.2) is 47.4 Å². The molecule has 0 spiro atoms. The number of benzene rings is 2. The fraction of sp³-hybridized carbons (Fsp3) is 0.273. The Morgan fingerprint density at radius 3 is 2.29 bits per heavy atom. The van der Waals surface area contributed by atoms with E-state index >= 15 is 0 Å². The highest BCUT2D eigenvalue weighted by molar-refractivity contribution is 7.89. The summed E-state index contributed by atoms with van der Waals surface area (Å²) in [7, 11) is -4.07. The lowest BCUT2D eigenvalue weighted by atomic mass is 9.92. The van der Waals surface area contributed by atoms with Gasteiger partial charge in [-0.05, 0) is 61.7 Å². The van der Waals surface area contributed by atoms with Crippen molar-refractivity contribution in [2.24, 2.45) is 0 Å². The molecule has 1 aliphatic heterocycles. The third-order valence-electron chi connectivity index (χ3n) is 5.35. The van der Waals surface area contributed by atoms with Gasteiger partial charge in [-0.3, -0.25) is 19.7 Å². The average Bonchev–Trinajstić information content (AvgIpc) is 3.05. The number of urea groups is 1. The molecule has 180 valence electrons. The molecule has 0 bridgehead atoms. The number of hydrogen-bond acceptors (Lipinski definition) is 7. The van der Waals surface area contributed by atoms with Gasteiger partial charge in [-0.2, -0.15) is 4.72 Å². The third-order valence-corrected chi connectivity index (χ3v) is 6.77. The van der Waals surface area contributed by atoms with Crippen molar-refractivity contribution in [1.82, 2.24) is 15.4 Å². The van der Waals surface area contributed by atoms with Gasteiger partial charge in [-0.1, -0.05) is 18.2 Å². The minimum Gasteiger partial charge on any atom is -0.455 e. The number of amides is 4. The van der Waals surface area contributed by atoms with Crippen LogP contribution in [0.2, 0.25) is 0 Å². The number of aryl methyl sites for hydroxylation is 2. The van der Waals surface area contributed by atoms with E-state index in [4.69, 9.17) is 4.74 Å². The summed E-state index contributed by atoms with van der Waals surface area (Å²) in [6.45, 7) is 4.06. The number of hydrogen-bond donors (Lipinski definition) is 4. The van der Waals surface area contributed by atoms with Gasteiger partial charge in [-0.25, -0.2) is 13.2 Å². The fourth-order valence-corrected chi connectivity index (χ4v) is 4.13. The molecule has 34 heavy (non-hydrogen) atoms. The van der Waals surface area contributed by atoms with E-state index in [1.54, 1.807) is 12.1 Å². The number of anilines is 1. The Labute approximate surface area is 196 Å². The highest BCUT2D eigenvalue weighted by Crippen LogP contribution is 2.25. The van der Waals surface area contributed by atoms with Crippen LogP contribution in [0.4, 0.5) is 10.5 Å². The van der Waals surface area contributed by atoms with E-state index in [0.29, 0.717) is 11.3 Å². The van der Waals surface area contributed by atoms with Gasteiger partial charge in [0.2, 0.25) is 10.0 Å². The second kappa shape index (κ2) is 9.61. The Morgan fingerprint density at radius 2 is 1.71 bits per heavy atom. The monoisotopic (exact) mass is 488 g/mol. The van der Waals surface area contributed by atoms with Crippen LogP contribution in [0.5, 0.6) is 0 Å². The lowest BCUT2D eigenvalue weighted by Gasteiger charge is -2.21. The number of carbonyl (C=O) groups excluding carboxylic acids is 4. The molecule has 0 unspecified atom stereocenters. The Kier molecular flexibility index (Phi) is 7.03. The van der Waals surface area contributed by atoms with Gasteiger partial charge < -0.3 is 15.4 Å². The Bertz CT molecular complexity index is 1260. The Balaban J connectivity index is 1.51. The summed E-state index contributed by atoms with van der Waals surface area (Å²) in [5, 5.41) is 7.19. The smallest absolute Gasteiger partial charge is 0.322 e. The Hall–Kier alpha value is -3.77. The minimum atomic E-state index is -4.07. The van der Waals surface area contributed by atoms with Gasteiger partial charge in [0, 0.05) is 5.69 Å². The van der Waals surface area contributed by atoms with Crippen molar-refractivity contribution in [2.45, 2.75) is 31.2 Å². The van der Waals surface area contributed by atoms with E-state index in [1.807, 2.05) is 19.9 Å². The van der Waals surface area contributed by atoms with E-state index in [9.17, 15) is 27.6 Å². The van der Waals surface area contributed by atoms with Crippen molar-refractivity contribution < 1.29 is 32.3 Å². The van der Waals surface area contributed by atoms with Gasteiger partial charge in [0.05, 0.1) is 4.90 Å². The van der Waals surface area contributed by atoms with Crippen molar-refractivity contribution in [1.29, 1.82) is 0 Å². The molecule has 12 heteroatoms. The van der Waals surface area contributed by atoms with E-state index in [1.165, 1.54) is 31.2 Å². The summed E-state index contributed by atoms with van der Waals surface area (Å²) in [6, 6.07) is 9.94. The number of nitrogens with one attached hydrogen (secondary N) is 4. The molecular weight excluding hydrogens is 464 g/mol. The first kappa shape index (κ1) is 24.9. The summed E-state index contributed by atoms with van der Waals surface area (Å²) in [4.78, 5) is 47.1. The van der Waals surface area contributed by atoms with Crippen LogP contribution in [0.25, 0.3) is 0 Å². The van der Waals surface area contributed by atoms with Crippen molar-refractivity contribution in [3.8, 4) is 0 Å². The number of imide groups is 1. The third kappa shape index (κ3) is 5.58. The van der Waals surface area contributed by atoms with Crippen LogP contribution in [-0.4, -0.2) is 45.4 Å². The molecule has 1 fully saturated rings. The largest absolute Gasteiger partial charge is 0.455 e. The van der Waals surface area contributed by atoms with E-state index in [-0.39, 0.29) is 4.90 Å². The predicted molar refractivity (Wildman–Crippen MR) is 121 cm³/mol. The van der Waals surface area contributed by atoms with E-state index < -0.39 is 52.5 Å². The summed E-state index contributed by atoms with van der Waals surface area (Å²) >= 11 is 0. The predicted octanol–water partition coefficient (Wildman–Crippen LogP) is 0.818. The minimum absolute atomic E-state index is 0.162. The quantitative estimate of drug-likeness (QED) is 0.316. The number of sulfonamides is 1. The standard InChI is InChI=1S/C22H24N4O7S/c1-13-4-7-16(10-14(13)2)24-18(27)12-33-19(28)11-23-34(31,32)17-8-5-15(6-9-17)22(3)20(29)25-21(30)26-22/h4-10,23H,11-12H2,1-3H3,(H,24,27)(H2,25,26,29,30)/t22-/m0/s1. The first-order valence-electron chi connectivity index (χ1n) is 10.2. The molecule has 0 saturated carbocycles. The summed E-state index contributed by atoms with van der Waals surface area (Å²) < 4.78 is 31.8. The Morgan fingerprint density at radius 1 is 1.03 bits per heavy atom. The highest BCUT2D eigenvalue weighted by atomic mass is 32.2. The molecule has 2 aromatic rings. The molecule has 1 heterocycles. The summed E-state index contributed by atoms with van der Waals surface area (Å²) in [5.41, 5.74) is 1.66. The molecule has 0 aromatic heterocycles. The lowest BCUT2D eigenvalue weighted by molar-refractivity contribution is -0.146. The molecule has 0 radical (unpaired) electrons. The molecule has 2 aromatic carbocycles. The maximum atomic E-state index is 12.5. The molecule has 4 amide bonds. The van der Waals surface area contributed by atoms with E-state index in [0.717, 1.165) is 11.1 Å². The van der Waals surface area contributed by atoms with Gasteiger partial charge in [-0.15, -0.1) is 0 Å². The van der Waals surface area contributed by atoms with E-state index in [2.05, 4.69) is 20.7 Å². The number of ether oxygens (including phenoxy) is 1.